The van der Waals surface area contributed by atoms with Crippen LogP contribution in [0.5, 0.6) is 5.75 Å². The van der Waals surface area contributed by atoms with Gasteiger partial charge in [0.25, 0.3) is 0 Å². The van der Waals surface area contributed by atoms with Gasteiger partial charge in [0.15, 0.2) is 0 Å². The Morgan fingerprint density at radius 3 is 2.31 bits per heavy atom. The third-order valence-corrected chi connectivity index (χ3v) is 6.01. The van der Waals surface area contributed by atoms with E-state index in [4.69, 9.17) is 9.72 Å². The van der Waals surface area contributed by atoms with Gasteiger partial charge in [0.2, 0.25) is 0 Å². The first kappa shape index (κ1) is 22.1. The van der Waals surface area contributed by atoms with Crippen LogP contribution in [0.2, 0.25) is 0 Å². The number of nitrogens with zero attached hydrogens (tertiary/aromatic N) is 2. The Kier molecular flexibility index (Phi) is 6.94. The zero-order chi connectivity index (χ0) is 22.5. The first-order chi connectivity index (χ1) is 15.5. The Bertz CT molecular complexity index is 1140. The lowest BCUT2D eigenvalue weighted by Crippen LogP contribution is -2.11. The van der Waals surface area contributed by atoms with Gasteiger partial charge < -0.3 is 9.30 Å². The maximum Gasteiger partial charge on any atom is 0.119 e. The molecule has 0 unspecified atom stereocenters. The van der Waals surface area contributed by atoms with Gasteiger partial charge in [-0.15, -0.1) is 0 Å². The first-order valence-electron chi connectivity index (χ1n) is 11.7. The normalized spacial score (nSPS) is 12.4. The molecule has 166 valence electrons. The van der Waals surface area contributed by atoms with Crippen LogP contribution in [-0.2, 0) is 13.0 Å². The number of hydrogen-bond acceptors (Lipinski definition) is 2. The topological polar surface area (TPSA) is 27.1 Å². The molecule has 1 heterocycles. The molecule has 0 N–H and O–H groups in total. The number of aryl methyl sites for hydroxylation is 2. The molecule has 0 amide bonds. The molecule has 3 heteroatoms. The summed E-state index contributed by atoms with van der Waals surface area (Å²) in [7, 11) is 0. The standard InChI is InChI=1S/C29H34N2O/c1-21(2)20-24-12-14-25(15-13-24)23(4)29-30-27-8-5-6-9-28(27)31(29)18-7-19-32-26-16-10-22(3)11-17-26/h5-6,8-17,21,23H,7,18-20H2,1-4H3/t23-/m1/s1. The highest BCUT2D eigenvalue weighted by Gasteiger charge is 2.18. The third-order valence-electron chi connectivity index (χ3n) is 6.01. The third kappa shape index (κ3) is 5.21. The van der Waals surface area contributed by atoms with Gasteiger partial charge in [-0.3, -0.25) is 0 Å². The zero-order valence-corrected chi connectivity index (χ0v) is 19.7. The predicted molar refractivity (Wildman–Crippen MR) is 134 cm³/mol. The van der Waals surface area contributed by atoms with Gasteiger partial charge in [0.1, 0.15) is 11.6 Å². The summed E-state index contributed by atoms with van der Waals surface area (Å²) in [6.07, 6.45) is 2.05. The monoisotopic (exact) mass is 426 g/mol. The number of rotatable bonds is 9. The van der Waals surface area contributed by atoms with Crippen molar-refractivity contribution in [1.29, 1.82) is 0 Å². The Morgan fingerprint density at radius 1 is 0.875 bits per heavy atom. The summed E-state index contributed by atoms with van der Waals surface area (Å²) in [4.78, 5) is 5.03. The van der Waals surface area contributed by atoms with Gasteiger partial charge in [-0.1, -0.05) is 74.9 Å². The second kappa shape index (κ2) is 10.0. The highest BCUT2D eigenvalue weighted by Crippen LogP contribution is 2.28. The van der Waals surface area contributed by atoms with Crippen LogP contribution in [0.25, 0.3) is 11.0 Å². The van der Waals surface area contributed by atoms with Crippen molar-refractivity contribution >= 4 is 11.0 Å². The molecule has 0 aliphatic carbocycles. The summed E-state index contributed by atoms with van der Waals surface area (Å²) >= 11 is 0. The van der Waals surface area contributed by atoms with Crippen LogP contribution in [0.15, 0.2) is 72.8 Å². The molecule has 0 fully saturated rings. The molecule has 4 rings (SSSR count). The van der Waals surface area contributed by atoms with E-state index in [1.165, 1.54) is 22.2 Å². The predicted octanol–water partition coefficient (Wildman–Crippen LogP) is 7.16. The minimum absolute atomic E-state index is 0.230. The number of ether oxygens (including phenoxy) is 1. The number of hydrogen-bond donors (Lipinski definition) is 0. The minimum atomic E-state index is 0.230. The molecule has 0 aliphatic heterocycles. The van der Waals surface area contributed by atoms with Gasteiger partial charge in [-0.05, 0) is 61.1 Å². The second-order valence-electron chi connectivity index (χ2n) is 9.19. The SMILES string of the molecule is Cc1ccc(OCCCn2c([C@H](C)c3ccc(CC(C)C)cc3)nc3ccccc32)cc1. The fourth-order valence-corrected chi connectivity index (χ4v) is 4.27. The lowest BCUT2D eigenvalue weighted by Gasteiger charge is -2.16. The average Bonchev–Trinajstić information content (AvgIpc) is 3.16. The van der Waals surface area contributed by atoms with Crippen molar-refractivity contribution < 1.29 is 4.74 Å². The van der Waals surface area contributed by atoms with E-state index < -0.39 is 0 Å². The highest BCUT2D eigenvalue weighted by molar-refractivity contribution is 5.76. The van der Waals surface area contributed by atoms with Gasteiger partial charge in [0, 0.05) is 12.5 Å². The summed E-state index contributed by atoms with van der Waals surface area (Å²) in [5.41, 5.74) is 6.21. The van der Waals surface area contributed by atoms with Gasteiger partial charge in [-0.2, -0.15) is 0 Å². The lowest BCUT2D eigenvalue weighted by atomic mass is 9.96. The molecule has 0 bridgehead atoms. The fourth-order valence-electron chi connectivity index (χ4n) is 4.27. The molecule has 32 heavy (non-hydrogen) atoms. The molecule has 0 radical (unpaired) electrons. The van der Waals surface area contributed by atoms with Crippen molar-refractivity contribution in [1.82, 2.24) is 9.55 Å². The number of para-hydroxylation sites is 2. The summed E-state index contributed by atoms with van der Waals surface area (Å²) in [5, 5.41) is 0. The Labute approximate surface area is 192 Å². The molecule has 4 aromatic rings. The first-order valence-corrected chi connectivity index (χ1v) is 11.7. The van der Waals surface area contributed by atoms with Crippen molar-refractivity contribution in [3.8, 4) is 5.75 Å². The van der Waals surface area contributed by atoms with Crippen LogP contribution in [-0.4, -0.2) is 16.2 Å². The highest BCUT2D eigenvalue weighted by atomic mass is 16.5. The van der Waals surface area contributed by atoms with Gasteiger partial charge >= 0.3 is 0 Å². The number of fused-ring (bicyclic) bond motifs is 1. The van der Waals surface area contributed by atoms with Crippen molar-refractivity contribution in [3.05, 3.63) is 95.3 Å². The summed E-state index contributed by atoms with van der Waals surface area (Å²) in [6, 6.07) is 25.8. The molecule has 0 saturated carbocycles. The number of imidazole rings is 1. The van der Waals surface area contributed by atoms with Crippen molar-refractivity contribution in [3.63, 3.8) is 0 Å². The average molecular weight is 427 g/mol. The van der Waals surface area contributed by atoms with Gasteiger partial charge in [-0.25, -0.2) is 4.98 Å². The summed E-state index contributed by atoms with van der Waals surface area (Å²) in [5.74, 6) is 2.96. The minimum Gasteiger partial charge on any atom is -0.494 e. The quantitative estimate of drug-likeness (QED) is 0.265. The van der Waals surface area contributed by atoms with E-state index in [9.17, 15) is 0 Å². The maximum absolute atomic E-state index is 5.97. The Hall–Kier alpha value is -3.07. The number of aromatic nitrogens is 2. The lowest BCUT2D eigenvalue weighted by molar-refractivity contribution is 0.301. The molecular weight excluding hydrogens is 392 g/mol. The van der Waals surface area contributed by atoms with E-state index in [1.807, 2.05) is 12.1 Å². The van der Waals surface area contributed by atoms with E-state index >= 15 is 0 Å². The van der Waals surface area contributed by atoms with E-state index in [0.29, 0.717) is 12.5 Å². The Morgan fingerprint density at radius 2 is 1.59 bits per heavy atom. The van der Waals surface area contributed by atoms with Crippen LogP contribution in [0, 0.1) is 12.8 Å². The Balaban J connectivity index is 1.51. The molecule has 1 aromatic heterocycles. The van der Waals surface area contributed by atoms with E-state index in [0.717, 1.165) is 36.5 Å². The van der Waals surface area contributed by atoms with Crippen LogP contribution in [0.1, 0.15) is 55.6 Å². The smallest absolute Gasteiger partial charge is 0.119 e. The van der Waals surface area contributed by atoms with Crippen molar-refractivity contribution in [2.24, 2.45) is 5.92 Å². The van der Waals surface area contributed by atoms with Gasteiger partial charge in [0.05, 0.1) is 17.6 Å². The molecule has 0 aliphatic rings. The summed E-state index contributed by atoms with van der Waals surface area (Å²) in [6.45, 7) is 10.5. The second-order valence-corrected chi connectivity index (χ2v) is 9.19. The van der Waals surface area contributed by atoms with E-state index in [-0.39, 0.29) is 5.92 Å². The largest absolute Gasteiger partial charge is 0.494 e. The van der Waals surface area contributed by atoms with Crippen LogP contribution >= 0.6 is 0 Å². The molecule has 1 atom stereocenters. The molecule has 3 aromatic carbocycles. The zero-order valence-electron chi connectivity index (χ0n) is 19.7. The fraction of sp³-hybridized carbons (Fsp3) is 0.345. The molecule has 0 spiro atoms. The number of benzene rings is 3. The van der Waals surface area contributed by atoms with Crippen LogP contribution < -0.4 is 4.74 Å². The van der Waals surface area contributed by atoms with Crippen LogP contribution in [0.4, 0.5) is 0 Å². The molecular formula is C29H34N2O. The van der Waals surface area contributed by atoms with Crippen molar-refractivity contribution in [2.75, 3.05) is 6.61 Å². The maximum atomic E-state index is 5.97. The van der Waals surface area contributed by atoms with E-state index in [1.54, 1.807) is 0 Å². The van der Waals surface area contributed by atoms with Crippen molar-refractivity contribution in [2.45, 2.75) is 53.0 Å². The molecule has 3 nitrogen and oxygen atoms in total. The van der Waals surface area contributed by atoms with E-state index in [2.05, 4.69) is 92.9 Å². The van der Waals surface area contributed by atoms with Crippen LogP contribution in [0.3, 0.4) is 0 Å². The molecule has 0 saturated heterocycles. The summed E-state index contributed by atoms with van der Waals surface area (Å²) < 4.78 is 8.34.